The molecule has 0 bridgehead atoms. The van der Waals surface area contributed by atoms with Gasteiger partial charge >= 0.3 is 0 Å². The summed E-state index contributed by atoms with van der Waals surface area (Å²) in [6.07, 6.45) is 3.79. The summed E-state index contributed by atoms with van der Waals surface area (Å²) in [5, 5.41) is 0. The molecule has 1 aliphatic carbocycles. The first kappa shape index (κ1) is 9.72. The molecule has 0 aromatic rings. The number of hydrogen-bond donors (Lipinski definition) is 1. The topological polar surface area (TPSA) is 26.0 Å². The molecule has 2 heteroatoms. The van der Waals surface area contributed by atoms with E-state index >= 15 is 0 Å². The van der Waals surface area contributed by atoms with Gasteiger partial charge in [0, 0.05) is 6.04 Å². The van der Waals surface area contributed by atoms with Crippen molar-refractivity contribution < 1.29 is 4.39 Å². The lowest BCUT2D eigenvalue weighted by Gasteiger charge is -2.29. The van der Waals surface area contributed by atoms with Crippen LogP contribution in [-0.2, 0) is 0 Å². The minimum Gasteiger partial charge on any atom is -0.325 e. The van der Waals surface area contributed by atoms with Gasteiger partial charge in [0.25, 0.3) is 0 Å². The highest BCUT2D eigenvalue weighted by Gasteiger charge is 2.28. The highest BCUT2D eigenvalue weighted by atomic mass is 19.1. The summed E-state index contributed by atoms with van der Waals surface area (Å²) in [6, 6.07) is -0.217. The molecule has 70 valence electrons. The zero-order valence-corrected chi connectivity index (χ0v) is 7.89. The SMILES string of the molecule is C/C=C(/C)C1CCC(N)[C@@H](F)C1. The predicted molar refractivity (Wildman–Crippen MR) is 49.6 cm³/mol. The molecule has 1 saturated carbocycles. The van der Waals surface area contributed by atoms with Crippen molar-refractivity contribution in [2.45, 2.75) is 45.3 Å². The van der Waals surface area contributed by atoms with Crippen molar-refractivity contribution in [1.82, 2.24) is 0 Å². The molecule has 0 amide bonds. The zero-order valence-electron chi connectivity index (χ0n) is 7.89. The molecule has 3 atom stereocenters. The molecule has 0 aromatic carbocycles. The largest absolute Gasteiger partial charge is 0.325 e. The first-order valence-corrected chi connectivity index (χ1v) is 4.67. The number of hydrogen-bond acceptors (Lipinski definition) is 1. The molecule has 0 spiro atoms. The summed E-state index contributed by atoms with van der Waals surface area (Å²) >= 11 is 0. The molecular formula is C10H18FN. The van der Waals surface area contributed by atoms with E-state index in [2.05, 4.69) is 13.0 Å². The van der Waals surface area contributed by atoms with Crippen LogP contribution in [0, 0.1) is 5.92 Å². The average molecular weight is 171 g/mol. The van der Waals surface area contributed by atoms with E-state index < -0.39 is 6.17 Å². The van der Waals surface area contributed by atoms with Crippen LogP contribution in [0.2, 0.25) is 0 Å². The zero-order chi connectivity index (χ0) is 9.14. The van der Waals surface area contributed by atoms with E-state index in [0.717, 1.165) is 12.8 Å². The number of alkyl halides is 1. The lowest BCUT2D eigenvalue weighted by molar-refractivity contribution is 0.186. The molecule has 1 rings (SSSR count). The van der Waals surface area contributed by atoms with Crippen LogP contribution in [0.15, 0.2) is 11.6 Å². The summed E-state index contributed by atoms with van der Waals surface area (Å²) < 4.78 is 13.2. The first-order valence-electron chi connectivity index (χ1n) is 4.67. The minimum absolute atomic E-state index is 0.217. The Morgan fingerprint density at radius 3 is 2.67 bits per heavy atom. The summed E-state index contributed by atoms with van der Waals surface area (Å²) in [5.41, 5.74) is 6.90. The van der Waals surface area contributed by atoms with Gasteiger partial charge in [-0.25, -0.2) is 4.39 Å². The van der Waals surface area contributed by atoms with Crippen molar-refractivity contribution in [1.29, 1.82) is 0 Å². The Kier molecular flexibility index (Phi) is 3.27. The van der Waals surface area contributed by atoms with E-state index in [4.69, 9.17) is 5.73 Å². The first-order chi connectivity index (χ1) is 5.65. The van der Waals surface area contributed by atoms with Crippen LogP contribution in [-0.4, -0.2) is 12.2 Å². The van der Waals surface area contributed by atoms with Gasteiger partial charge in [0.15, 0.2) is 0 Å². The lowest BCUT2D eigenvalue weighted by Crippen LogP contribution is -2.37. The Morgan fingerprint density at radius 2 is 2.17 bits per heavy atom. The maximum atomic E-state index is 13.2. The van der Waals surface area contributed by atoms with Crippen LogP contribution >= 0.6 is 0 Å². The summed E-state index contributed by atoms with van der Waals surface area (Å²) in [6.45, 7) is 4.09. The van der Waals surface area contributed by atoms with Crippen LogP contribution in [0.3, 0.4) is 0 Å². The second-order valence-electron chi connectivity index (χ2n) is 3.72. The fraction of sp³-hybridized carbons (Fsp3) is 0.800. The Labute approximate surface area is 73.8 Å². The number of rotatable bonds is 1. The van der Waals surface area contributed by atoms with E-state index in [1.165, 1.54) is 5.57 Å². The third-order valence-electron chi connectivity index (χ3n) is 2.92. The van der Waals surface area contributed by atoms with Crippen LogP contribution in [0.4, 0.5) is 4.39 Å². The number of nitrogens with two attached hydrogens (primary N) is 1. The molecule has 1 nitrogen and oxygen atoms in total. The molecule has 1 aliphatic rings. The smallest absolute Gasteiger partial charge is 0.116 e. The fourth-order valence-corrected chi connectivity index (χ4v) is 1.79. The van der Waals surface area contributed by atoms with Gasteiger partial charge in [-0.15, -0.1) is 0 Å². The van der Waals surface area contributed by atoms with Crippen molar-refractivity contribution in [3.63, 3.8) is 0 Å². The molecule has 0 saturated heterocycles. The quantitative estimate of drug-likeness (QED) is 0.602. The van der Waals surface area contributed by atoms with Crippen molar-refractivity contribution in [2.75, 3.05) is 0 Å². The van der Waals surface area contributed by atoms with Gasteiger partial charge in [0.05, 0.1) is 0 Å². The second kappa shape index (κ2) is 4.04. The highest BCUT2D eigenvalue weighted by molar-refractivity contribution is 5.04. The van der Waals surface area contributed by atoms with Gasteiger partial charge in [0.2, 0.25) is 0 Å². The Morgan fingerprint density at radius 1 is 1.50 bits per heavy atom. The molecule has 12 heavy (non-hydrogen) atoms. The summed E-state index contributed by atoms with van der Waals surface area (Å²) in [5.74, 6) is 0.435. The van der Waals surface area contributed by atoms with Gasteiger partial charge in [-0.1, -0.05) is 11.6 Å². The average Bonchev–Trinajstić information content (AvgIpc) is 2.08. The third-order valence-corrected chi connectivity index (χ3v) is 2.92. The number of halogens is 1. The maximum Gasteiger partial charge on any atom is 0.116 e. The van der Waals surface area contributed by atoms with E-state index in [0.29, 0.717) is 12.3 Å². The van der Waals surface area contributed by atoms with E-state index in [1.54, 1.807) is 0 Å². The summed E-state index contributed by atoms with van der Waals surface area (Å²) in [7, 11) is 0. The molecule has 1 fully saturated rings. The van der Waals surface area contributed by atoms with Gasteiger partial charge in [-0.3, -0.25) is 0 Å². The lowest BCUT2D eigenvalue weighted by atomic mass is 9.81. The minimum atomic E-state index is -0.793. The standard InChI is InChI=1S/C10H18FN/c1-3-7(2)8-4-5-10(12)9(11)6-8/h3,8-10H,4-6,12H2,1-2H3/b7-3-/t8?,9-,10?/m0/s1. The van der Waals surface area contributed by atoms with Gasteiger partial charge in [-0.2, -0.15) is 0 Å². The molecule has 0 heterocycles. The van der Waals surface area contributed by atoms with Crippen molar-refractivity contribution in [3.8, 4) is 0 Å². The van der Waals surface area contributed by atoms with Gasteiger partial charge < -0.3 is 5.73 Å². The van der Waals surface area contributed by atoms with Crippen molar-refractivity contribution in [3.05, 3.63) is 11.6 Å². The van der Waals surface area contributed by atoms with Gasteiger partial charge in [-0.05, 0) is 39.0 Å². The van der Waals surface area contributed by atoms with Crippen LogP contribution in [0.25, 0.3) is 0 Å². The second-order valence-corrected chi connectivity index (χ2v) is 3.72. The van der Waals surface area contributed by atoms with Crippen LogP contribution in [0.1, 0.15) is 33.1 Å². The monoisotopic (exact) mass is 171 g/mol. The fourth-order valence-electron chi connectivity index (χ4n) is 1.79. The van der Waals surface area contributed by atoms with Gasteiger partial charge in [0.1, 0.15) is 6.17 Å². The Hall–Kier alpha value is -0.370. The molecule has 0 aromatic heterocycles. The van der Waals surface area contributed by atoms with E-state index in [9.17, 15) is 4.39 Å². The summed E-state index contributed by atoms with van der Waals surface area (Å²) in [4.78, 5) is 0. The predicted octanol–water partition coefficient (Wildman–Crippen LogP) is 2.42. The van der Waals surface area contributed by atoms with Crippen molar-refractivity contribution >= 4 is 0 Å². The van der Waals surface area contributed by atoms with Crippen molar-refractivity contribution in [2.24, 2.45) is 11.7 Å². The normalized spacial score (nSPS) is 38.3. The van der Waals surface area contributed by atoms with E-state index in [-0.39, 0.29) is 6.04 Å². The molecule has 2 unspecified atom stereocenters. The molecular weight excluding hydrogens is 153 g/mol. The molecule has 0 radical (unpaired) electrons. The highest BCUT2D eigenvalue weighted by Crippen LogP contribution is 2.30. The van der Waals surface area contributed by atoms with E-state index in [1.807, 2.05) is 6.92 Å². The molecule has 0 aliphatic heterocycles. The number of allylic oxidation sites excluding steroid dienone is 2. The van der Waals surface area contributed by atoms with Crippen LogP contribution in [0.5, 0.6) is 0 Å². The third kappa shape index (κ3) is 2.07. The Balaban J connectivity index is 2.51. The maximum absolute atomic E-state index is 13.2. The Bertz CT molecular complexity index is 177. The van der Waals surface area contributed by atoms with Crippen LogP contribution < -0.4 is 5.73 Å². The molecule has 2 N–H and O–H groups in total.